The Hall–Kier alpha value is -2.60. The first-order valence-corrected chi connectivity index (χ1v) is 9.04. The summed E-state index contributed by atoms with van der Waals surface area (Å²) in [6.45, 7) is 4.75. The number of ether oxygens (including phenoxy) is 2. The Labute approximate surface area is 159 Å². The van der Waals surface area contributed by atoms with Crippen LogP contribution in [0.25, 0.3) is 0 Å². The summed E-state index contributed by atoms with van der Waals surface area (Å²) in [6.07, 6.45) is 0. The molecule has 27 heavy (non-hydrogen) atoms. The zero-order valence-corrected chi connectivity index (χ0v) is 15.9. The first-order chi connectivity index (χ1) is 13.0. The molecule has 1 amide bonds. The maximum absolute atomic E-state index is 13.5. The molecule has 0 aliphatic carbocycles. The van der Waals surface area contributed by atoms with E-state index < -0.39 is 0 Å². The third kappa shape index (κ3) is 4.22. The highest BCUT2D eigenvalue weighted by molar-refractivity contribution is 5.97. The molecular weight excluding hydrogens is 347 g/mol. The van der Waals surface area contributed by atoms with Gasteiger partial charge in [0.1, 0.15) is 17.3 Å². The van der Waals surface area contributed by atoms with Gasteiger partial charge in [0.15, 0.2) is 0 Å². The number of carbonyl (C=O) groups is 1. The number of benzene rings is 2. The maximum atomic E-state index is 13.5. The predicted octanol–water partition coefficient (Wildman–Crippen LogP) is 3.36. The molecule has 0 bridgehead atoms. The molecule has 1 aliphatic rings. The highest BCUT2D eigenvalue weighted by atomic mass is 19.1. The summed E-state index contributed by atoms with van der Waals surface area (Å²) in [6, 6.07) is 12.0. The molecule has 0 saturated carbocycles. The molecule has 1 fully saturated rings. The van der Waals surface area contributed by atoms with E-state index in [2.05, 4.69) is 11.8 Å². The molecular formula is C21H25FN2O3. The molecule has 1 heterocycles. The number of amides is 1. The lowest BCUT2D eigenvalue weighted by Gasteiger charge is -2.38. The second-order valence-corrected chi connectivity index (χ2v) is 6.63. The van der Waals surface area contributed by atoms with Gasteiger partial charge < -0.3 is 14.4 Å². The molecule has 1 unspecified atom stereocenters. The summed E-state index contributed by atoms with van der Waals surface area (Å²) in [4.78, 5) is 17.1. The first kappa shape index (κ1) is 19.2. The highest BCUT2D eigenvalue weighted by Gasteiger charge is 2.27. The van der Waals surface area contributed by atoms with E-state index in [4.69, 9.17) is 9.47 Å². The summed E-state index contributed by atoms with van der Waals surface area (Å²) in [5.41, 5.74) is 1.45. The van der Waals surface area contributed by atoms with E-state index in [1.165, 1.54) is 6.07 Å². The molecule has 1 saturated heterocycles. The molecule has 2 aromatic rings. The van der Waals surface area contributed by atoms with Crippen molar-refractivity contribution in [3.8, 4) is 11.5 Å². The molecule has 2 aromatic carbocycles. The van der Waals surface area contributed by atoms with Crippen LogP contribution >= 0.6 is 0 Å². The molecule has 6 heteroatoms. The Bertz CT molecular complexity index is 804. The van der Waals surface area contributed by atoms with Crippen LogP contribution in [0, 0.1) is 5.82 Å². The molecule has 0 spiro atoms. The van der Waals surface area contributed by atoms with E-state index in [-0.39, 0.29) is 17.8 Å². The number of hydrogen-bond donors (Lipinski definition) is 0. The van der Waals surface area contributed by atoms with Gasteiger partial charge in [-0.05, 0) is 42.8 Å². The van der Waals surface area contributed by atoms with Gasteiger partial charge in [0.2, 0.25) is 0 Å². The minimum atomic E-state index is -0.224. The number of carbonyl (C=O) groups excluding carboxylic acids is 1. The molecule has 0 N–H and O–H groups in total. The Morgan fingerprint density at radius 1 is 1.04 bits per heavy atom. The zero-order chi connectivity index (χ0) is 19.4. The Morgan fingerprint density at radius 3 is 2.41 bits per heavy atom. The number of methoxy groups -OCH3 is 2. The van der Waals surface area contributed by atoms with E-state index in [9.17, 15) is 9.18 Å². The van der Waals surface area contributed by atoms with Gasteiger partial charge >= 0.3 is 0 Å². The van der Waals surface area contributed by atoms with Gasteiger partial charge in [-0.3, -0.25) is 9.69 Å². The maximum Gasteiger partial charge on any atom is 0.257 e. The second kappa shape index (κ2) is 8.39. The molecule has 3 rings (SSSR count). The monoisotopic (exact) mass is 372 g/mol. The van der Waals surface area contributed by atoms with E-state index in [1.54, 1.807) is 44.6 Å². The molecule has 1 aliphatic heterocycles. The van der Waals surface area contributed by atoms with Gasteiger partial charge in [0, 0.05) is 32.2 Å². The molecule has 0 radical (unpaired) electrons. The van der Waals surface area contributed by atoms with Gasteiger partial charge in [-0.1, -0.05) is 12.1 Å². The van der Waals surface area contributed by atoms with E-state index in [1.807, 2.05) is 11.0 Å². The van der Waals surface area contributed by atoms with Crippen molar-refractivity contribution in [3.05, 3.63) is 59.4 Å². The van der Waals surface area contributed by atoms with Crippen molar-refractivity contribution in [2.24, 2.45) is 0 Å². The smallest absolute Gasteiger partial charge is 0.257 e. The van der Waals surface area contributed by atoms with Crippen molar-refractivity contribution in [2.75, 3.05) is 40.4 Å². The number of hydrogen-bond acceptors (Lipinski definition) is 4. The SMILES string of the molecule is COc1ccc(OC)c(C(=O)N2CCN(C(C)c3cccc(F)c3)CC2)c1. The Balaban J connectivity index is 1.68. The van der Waals surface area contributed by atoms with Crippen LogP contribution in [0.2, 0.25) is 0 Å². The minimum Gasteiger partial charge on any atom is -0.497 e. The van der Waals surface area contributed by atoms with Gasteiger partial charge in [0.05, 0.1) is 19.8 Å². The number of nitrogens with zero attached hydrogens (tertiary/aromatic N) is 2. The Kier molecular flexibility index (Phi) is 5.96. The van der Waals surface area contributed by atoms with Crippen molar-refractivity contribution >= 4 is 5.91 Å². The average Bonchev–Trinajstić information content (AvgIpc) is 2.72. The molecule has 1 atom stereocenters. The topological polar surface area (TPSA) is 42.0 Å². The van der Waals surface area contributed by atoms with Crippen molar-refractivity contribution in [1.82, 2.24) is 9.80 Å². The van der Waals surface area contributed by atoms with Crippen LogP contribution < -0.4 is 9.47 Å². The summed E-state index contributed by atoms with van der Waals surface area (Å²) in [5, 5.41) is 0. The van der Waals surface area contributed by atoms with Crippen LogP contribution in [0.1, 0.15) is 28.9 Å². The minimum absolute atomic E-state index is 0.0659. The van der Waals surface area contributed by atoms with Crippen LogP contribution in [0.3, 0.4) is 0 Å². The van der Waals surface area contributed by atoms with E-state index >= 15 is 0 Å². The lowest BCUT2D eigenvalue weighted by Crippen LogP contribution is -2.49. The van der Waals surface area contributed by atoms with Gasteiger partial charge in [0.25, 0.3) is 5.91 Å². The van der Waals surface area contributed by atoms with Crippen molar-refractivity contribution in [3.63, 3.8) is 0 Å². The molecule has 144 valence electrons. The standard InChI is InChI=1S/C21H25FN2O3/c1-15(16-5-4-6-17(22)13-16)23-9-11-24(12-10-23)21(25)19-14-18(26-2)7-8-20(19)27-3/h4-8,13-15H,9-12H2,1-3H3. The molecule has 5 nitrogen and oxygen atoms in total. The zero-order valence-electron chi connectivity index (χ0n) is 15.9. The van der Waals surface area contributed by atoms with Crippen LogP contribution in [0.5, 0.6) is 11.5 Å². The third-order valence-corrected chi connectivity index (χ3v) is 5.12. The summed E-state index contributed by atoms with van der Waals surface area (Å²) >= 11 is 0. The second-order valence-electron chi connectivity index (χ2n) is 6.63. The van der Waals surface area contributed by atoms with E-state index in [0.29, 0.717) is 30.2 Å². The number of halogens is 1. The lowest BCUT2D eigenvalue weighted by atomic mass is 10.1. The third-order valence-electron chi connectivity index (χ3n) is 5.12. The highest BCUT2D eigenvalue weighted by Crippen LogP contribution is 2.27. The lowest BCUT2D eigenvalue weighted by molar-refractivity contribution is 0.0578. The van der Waals surface area contributed by atoms with Gasteiger partial charge in [-0.15, -0.1) is 0 Å². The summed E-state index contributed by atoms with van der Waals surface area (Å²) < 4.78 is 24.1. The normalized spacial score (nSPS) is 16.1. The van der Waals surface area contributed by atoms with Gasteiger partial charge in [-0.25, -0.2) is 4.39 Å². The largest absolute Gasteiger partial charge is 0.497 e. The van der Waals surface area contributed by atoms with Crippen LogP contribution in [0.4, 0.5) is 4.39 Å². The fraction of sp³-hybridized carbons (Fsp3) is 0.381. The van der Waals surface area contributed by atoms with Crippen molar-refractivity contribution in [1.29, 1.82) is 0 Å². The van der Waals surface area contributed by atoms with Crippen LogP contribution in [0.15, 0.2) is 42.5 Å². The average molecular weight is 372 g/mol. The van der Waals surface area contributed by atoms with Gasteiger partial charge in [-0.2, -0.15) is 0 Å². The summed E-state index contributed by atoms with van der Waals surface area (Å²) in [5.74, 6) is 0.871. The van der Waals surface area contributed by atoms with Crippen LogP contribution in [-0.4, -0.2) is 56.1 Å². The van der Waals surface area contributed by atoms with E-state index in [0.717, 1.165) is 18.7 Å². The first-order valence-electron chi connectivity index (χ1n) is 9.04. The fourth-order valence-corrected chi connectivity index (χ4v) is 3.44. The van der Waals surface area contributed by atoms with Crippen molar-refractivity contribution < 1.29 is 18.7 Å². The molecule has 0 aromatic heterocycles. The summed E-state index contributed by atoms with van der Waals surface area (Å²) in [7, 11) is 3.12. The number of rotatable bonds is 5. The van der Waals surface area contributed by atoms with Crippen LogP contribution in [-0.2, 0) is 0 Å². The quantitative estimate of drug-likeness (QED) is 0.807. The predicted molar refractivity (Wildman–Crippen MR) is 102 cm³/mol. The number of piperazine rings is 1. The van der Waals surface area contributed by atoms with Crippen molar-refractivity contribution in [2.45, 2.75) is 13.0 Å². The Morgan fingerprint density at radius 2 is 1.78 bits per heavy atom. The fourth-order valence-electron chi connectivity index (χ4n) is 3.44.